The zero-order valence-corrected chi connectivity index (χ0v) is 20.3. The lowest BCUT2D eigenvalue weighted by Gasteiger charge is -2.31. The number of rotatable bonds is 6. The van der Waals surface area contributed by atoms with Crippen molar-refractivity contribution in [1.82, 2.24) is 10.2 Å². The van der Waals surface area contributed by atoms with Crippen LogP contribution in [0.1, 0.15) is 44.0 Å². The van der Waals surface area contributed by atoms with Crippen LogP contribution in [0.2, 0.25) is 5.02 Å². The van der Waals surface area contributed by atoms with Gasteiger partial charge in [-0.25, -0.2) is 13.6 Å². The van der Waals surface area contributed by atoms with Crippen molar-refractivity contribution in [2.24, 2.45) is 0 Å². The van der Waals surface area contributed by atoms with Gasteiger partial charge < -0.3 is 19.7 Å². The third-order valence-electron chi connectivity index (χ3n) is 5.21. The number of ether oxygens (including phenoxy) is 2. The molecule has 34 heavy (non-hydrogen) atoms. The molecule has 0 unspecified atom stereocenters. The minimum absolute atomic E-state index is 0.0535. The fourth-order valence-electron chi connectivity index (χ4n) is 3.45. The zero-order chi connectivity index (χ0) is 24.9. The van der Waals surface area contributed by atoms with Crippen molar-refractivity contribution < 1.29 is 27.8 Å². The number of carbonyl (C=O) groups is 2. The molecule has 1 saturated heterocycles. The Hall–Kier alpha value is -2.87. The maximum atomic E-state index is 13.3. The van der Waals surface area contributed by atoms with Crippen LogP contribution in [0.4, 0.5) is 13.6 Å². The van der Waals surface area contributed by atoms with Crippen molar-refractivity contribution in [3.63, 3.8) is 0 Å². The first-order chi connectivity index (χ1) is 15.9. The van der Waals surface area contributed by atoms with Crippen LogP contribution in [0, 0.1) is 0 Å². The number of amides is 2. The highest BCUT2D eigenvalue weighted by Crippen LogP contribution is 2.31. The summed E-state index contributed by atoms with van der Waals surface area (Å²) in [5, 5.41) is 3.02. The predicted octanol–water partition coefficient (Wildman–Crippen LogP) is 5.78. The van der Waals surface area contributed by atoms with Gasteiger partial charge in [0.25, 0.3) is 11.8 Å². The van der Waals surface area contributed by atoms with Gasteiger partial charge in [0.2, 0.25) is 0 Å². The molecule has 1 aliphatic heterocycles. The Balaban J connectivity index is 1.54. The van der Waals surface area contributed by atoms with Gasteiger partial charge in [-0.2, -0.15) is 0 Å². The number of nitrogens with one attached hydrogen (secondary N) is 1. The molecular weight excluding hydrogens is 466 g/mol. The average molecular weight is 495 g/mol. The predicted molar refractivity (Wildman–Crippen MR) is 127 cm³/mol. The number of piperidine rings is 1. The summed E-state index contributed by atoms with van der Waals surface area (Å²) in [6, 6.07) is 12.3. The average Bonchev–Trinajstić information content (AvgIpc) is 2.76. The smallest absolute Gasteiger partial charge is 0.407 e. The first-order valence-electron chi connectivity index (χ1n) is 11.1. The molecule has 3 rings (SSSR count). The lowest BCUT2D eigenvalue weighted by atomic mass is 10.0. The minimum Gasteiger partial charge on any atom is -0.490 e. The van der Waals surface area contributed by atoms with Gasteiger partial charge in [0.15, 0.2) is 0 Å². The number of benzene rings is 2. The molecule has 1 fully saturated rings. The van der Waals surface area contributed by atoms with Crippen molar-refractivity contribution in [2.45, 2.75) is 45.1 Å². The summed E-state index contributed by atoms with van der Waals surface area (Å²) in [7, 11) is 0. The van der Waals surface area contributed by atoms with Gasteiger partial charge in [0.1, 0.15) is 18.0 Å². The Morgan fingerprint density at radius 2 is 1.68 bits per heavy atom. The zero-order valence-electron chi connectivity index (χ0n) is 19.5. The molecule has 0 atom stereocenters. The molecule has 9 heteroatoms. The third kappa shape index (κ3) is 7.32. The standard InChI is InChI=1S/C25H29ClF2N2O4/c1-24(2,3)34-23(32)29-12-15-33-21-9-8-19(16-20(21)26)17-4-6-18(7-5-17)22(31)30-13-10-25(27,28)11-14-30/h4-9,16H,10-15H2,1-3H3,(H,29,32). The molecular formula is C25H29ClF2N2O4. The molecule has 184 valence electrons. The summed E-state index contributed by atoms with van der Waals surface area (Å²) in [5.74, 6) is -2.46. The van der Waals surface area contributed by atoms with E-state index in [2.05, 4.69) is 5.32 Å². The topological polar surface area (TPSA) is 67.9 Å². The highest BCUT2D eigenvalue weighted by Gasteiger charge is 2.35. The summed E-state index contributed by atoms with van der Waals surface area (Å²) in [4.78, 5) is 25.7. The first kappa shape index (κ1) is 25.7. The number of carbonyl (C=O) groups excluding carboxylic acids is 2. The van der Waals surface area contributed by atoms with E-state index in [1.807, 2.05) is 6.07 Å². The SMILES string of the molecule is CC(C)(C)OC(=O)NCCOc1ccc(-c2ccc(C(=O)N3CCC(F)(F)CC3)cc2)cc1Cl. The van der Waals surface area contributed by atoms with Gasteiger partial charge in [0, 0.05) is 31.5 Å². The first-order valence-corrected chi connectivity index (χ1v) is 11.5. The number of alkyl halides is 2. The maximum Gasteiger partial charge on any atom is 0.407 e. The number of halogens is 3. The normalized spacial score (nSPS) is 15.5. The molecule has 0 bridgehead atoms. The Labute approximate surface area is 203 Å². The molecule has 2 amide bonds. The van der Waals surface area contributed by atoms with Crippen LogP contribution in [0.5, 0.6) is 5.75 Å². The summed E-state index contributed by atoms with van der Waals surface area (Å²) >= 11 is 6.36. The fourth-order valence-corrected chi connectivity index (χ4v) is 3.69. The Bertz CT molecular complexity index is 1010. The van der Waals surface area contributed by atoms with Crippen LogP contribution in [0.3, 0.4) is 0 Å². The molecule has 1 heterocycles. The Morgan fingerprint density at radius 3 is 2.26 bits per heavy atom. The van der Waals surface area contributed by atoms with Gasteiger partial charge >= 0.3 is 6.09 Å². The minimum atomic E-state index is -2.69. The Morgan fingerprint density at radius 1 is 1.06 bits per heavy atom. The van der Waals surface area contributed by atoms with Crippen LogP contribution in [0.15, 0.2) is 42.5 Å². The molecule has 0 spiro atoms. The highest BCUT2D eigenvalue weighted by molar-refractivity contribution is 6.32. The van der Waals surface area contributed by atoms with E-state index >= 15 is 0 Å². The van der Waals surface area contributed by atoms with E-state index in [0.29, 0.717) is 16.3 Å². The molecule has 0 saturated carbocycles. The van der Waals surface area contributed by atoms with E-state index in [9.17, 15) is 18.4 Å². The van der Waals surface area contributed by atoms with Gasteiger partial charge in [0.05, 0.1) is 11.6 Å². The summed E-state index contributed by atoms with van der Waals surface area (Å²) < 4.78 is 37.5. The van der Waals surface area contributed by atoms with Gasteiger partial charge in [-0.3, -0.25) is 4.79 Å². The third-order valence-corrected chi connectivity index (χ3v) is 5.50. The number of hydrogen-bond acceptors (Lipinski definition) is 4. The fraction of sp³-hybridized carbons (Fsp3) is 0.440. The van der Waals surface area contributed by atoms with E-state index in [0.717, 1.165) is 11.1 Å². The Kier molecular flexibility index (Phi) is 8.02. The van der Waals surface area contributed by atoms with Crippen molar-refractivity contribution in [2.75, 3.05) is 26.2 Å². The molecule has 2 aromatic rings. The monoisotopic (exact) mass is 494 g/mol. The quantitative estimate of drug-likeness (QED) is 0.517. The van der Waals surface area contributed by atoms with E-state index in [-0.39, 0.29) is 45.0 Å². The van der Waals surface area contributed by atoms with Gasteiger partial charge in [-0.05, 0) is 56.2 Å². The number of nitrogens with zero attached hydrogens (tertiary/aromatic N) is 1. The molecule has 0 aliphatic carbocycles. The van der Waals surface area contributed by atoms with Gasteiger partial charge in [-0.15, -0.1) is 0 Å². The highest BCUT2D eigenvalue weighted by atomic mass is 35.5. The van der Waals surface area contributed by atoms with Crippen LogP contribution in [0.25, 0.3) is 11.1 Å². The molecule has 6 nitrogen and oxygen atoms in total. The van der Waals surface area contributed by atoms with E-state index in [4.69, 9.17) is 21.1 Å². The lowest BCUT2D eigenvalue weighted by Crippen LogP contribution is -2.42. The van der Waals surface area contributed by atoms with Crippen LogP contribution in [-0.4, -0.2) is 54.7 Å². The van der Waals surface area contributed by atoms with Crippen molar-refractivity contribution >= 4 is 23.6 Å². The van der Waals surface area contributed by atoms with Crippen LogP contribution >= 0.6 is 11.6 Å². The lowest BCUT2D eigenvalue weighted by molar-refractivity contribution is -0.0494. The van der Waals surface area contributed by atoms with Crippen molar-refractivity contribution in [3.8, 4) is 16.9 Å². The summed E-state index contributed by atoms with van der Waals surface area (Å²) in [6.45, 7) is 5.95. The van der Waals surface area contributed by atoms with Crippen molar-refractivity contribution in [1.29, 1.82) is 0 Å². The van der Waals surface area contributed by atoms with Gasteiger partial charge in [-0.1, -0.05) is 29.8 Å². The van der Waals surface area contributed by atoms with Crippen molar-refractivity contribution in [3.05, 3.63) is 53.1 Å². The molecule has 2 aromatic carbocycles. The number of alkyl carbamates (subject to hydrolysis) is 1. The summed E-state index contributed by atoms with van der Waals surface area (Å²) in [6.07, 6.45) is -1.13. The maximum absolute atomic E-state index is 13.3. The number of likely N-dealkylation sites (tertiary alicyclic amines) is 1. The second-order valence-electron chi connectivity index (χ2n) is 9.15. The van der Waals surface area contributed by atoms with E-state index < -0.39 is 17.6 Å². The van der Waals surface area contributed by atoms with E-state index in [1.165, 1.54) is 4.90 Å². The molecule has 0 radical (unpaired) electrons. The number of hydrogen-bond donors (Lipinski definition) is 1. The van der Waals surface area contributed by atoms with E-state index in [1.54, 1.807) is 57.2 Å². The molecule has 1 aliphatic rings. The largest absolute Gasteiger partial charge is 0.490 e. The molecule has 0 aromatic heterocycles. The van der Waals surface area contributed by atoms with Crippen LogP contribution < -0.4 is 10.1 Å². The van der Waals surface area contributed by atoms with Crippen LogP contribution in [-0.2, 0) is 4.74 Å². The summed E-state index contributed by atoms with van der Waals surface area (Å²) in [5.41, 5.74) is 1.57. The second-order valence-corrected chi connectivity index (χ2v) is 9.56. The second kappa shape index (κ2) is 10.6. The molecule has 1 N–H and O–H groups in total.